The molecule has 0 bridgehead atoms. The van der Waals surface area contributed by atoms with Crippen molar-refractivity contribution in [1.82, 2.24) is 9.80 Å². The standard InChI is InChI=1S/C23H26N2O3/c1-24-12-14-25(15-13-24)22(26)18-8-4-9-19(16-18)28-23(27)21-11-5-7-17-6-2-3-10-20(17)21/h2-4,6,8-10,16,21H,5,7,11-15H2,1H3. The third-order valence-electron chi connectivity index (χ3n) is 5.74. The number of hydrogen-bond acceptors (Lipinski definition) is 4. The minimum Gasteiger partial charge on any atom is -0.426 e. The van der Waals surface area contributed by atoms with Gasteiger partial charge < -0.3 is 14.5 Å². The van der Waals surface area contributed by atoms with Crippen molar-refractivity contribution in [2.75, 3.05) is 33.2 Å². The van der Waals surface area contributed by atoms with E-state index in [1.54, 1.807) is 24.3 Å². The number of fused-ring (bicyclic) bond motifs is 1. The first kappa shape index (κ1) is 18.7. The van der Waals surface area contributed by atoms with Crippen molar-refractivity contribution in [2.24, 2.45) is 0 Å². The number of aryl methyl sites for hydroxylation is 1. The predicted octanol–water partition coefficient (Wildman–Crippen LogP) is 3.10. The molecule has 0 spiro atoms. The van der Waals surface area contributed by atoms with Gasteiger partial charge in [-0.15, -0.1) is 0 Å². The van der Waals surface area contributed by atoms with E-state index in [4.69, 9.17) is 4.74 Å². The van der Waals surface area contributed by atoms with E-state index in [9.17, 15) is 9.59 Å². The maximum Gasteiger partial charge on any atom is 0.318 e. The highest BCUT2D eigenvalue weighted by Gasteiger charge is 2.28. The van der Waals surface area contributed by atoms with Gasteiger partial charge in [-0.05, 0) is 55.6 Å². The van der Waals surface area contributed by atoms with E-state index >= 15 is 0 Å². The summed E-state index contributed by atoms with van der Waals surface area (Å²) in [5.74, 6) is -0.0414. The Hall–Kier alpha value is -2.66. The Bertz CT molecular complexity index is 872. The highest BCUT2D eigenvalue weighted by Crippen LogP contribution is 2.33. The highest BCUT2D eigenvalue weighted by molar-refractivity contribution is 5.95. The molecule has 28 heavy (non-hydrogen) atoms. The normalized spacial score (nSPS) is 19.8. The molecule has 5 heteroatoms. The molecule has 4 rings (SSSR count). The van der Waals surface area contributed by atoms with Gasteiger partial charge in [0.25, 0.3) is 5.91 Å². The van der Waals surface area contributed by atoms with E-state index in [1.807, 2.05) is 23.1 Å². The molecule has 2 aromatic rings. The van der Waals surface area contributed by atoms with Crippen LogP contribution in [0.5, 0.6) is 5.75 Å². The Kier molecular flexibility index (Phi) is 5.44. The number of esters is 1. The molecule has 1 amide bonds. The Morgan fingerprint density at radius 2 is 1.79 bits per heavy atom. The van der Waals surface area contributed by atoms with Crippen molar-refractivity contribution >= 4 is 11.9 Å². The van der Waals surface area contributed by atoms with Crippen molar-refractivity contribution in [3.63, 3.8) is 0 Å². The van der Waals surface area contributed by atoms with Crippen LogP contribution in [-0.2, 0) is 11.2 Å². The molecule has 2 aliphatic rings. The molecule has 0 aromatic heterocycles. The van der Waals surface area contributed by atoms with Crippen LogP contribution in [0.3, 0.4) is 0 Å². The molecule has 1 saturated heterocycles. The molecule has 1 aliphatic carbocycles. The number of likely N-dealkylation sites (N-methyl/N-ethyl adjacent to an activating group) is 1. The molecule has 2 aromatic carbocycles. The number of hydrogen-bond donors (Lipinski definition) is 0. The van der Waals surface area contributed by atoms with Gasteiger partial charge in [0.1, 0.15) is 5.75 Å². The van der Waals surface area contributed by atoms with Gasteiger partial charge in [-0.2, -0.15) is 0 Å². The quantitative estimate of drug-likeness (QED) is 0.608. The number of benzene rings is 2. The van der Waals surface area contributed by atoms with Crippen LogP contribution in [0.15, 0.2) is 48.5 Å². The molecule has 1 aliphatic heterocycles. The lowest BCUT2D eigenvalue weighted by molar-refractivity contribution is -0.136. The zero-order valence-corrected chi connectivity index (χ0v) is 16.3. The van der Waals surface area contributed by atoms with Crippen molar-refractivity contribution in [3.8, 4) is 5.75 Å². The molecule has 1 heterocycles. The predicted molar refractivity (Wildman–Crippen MR) is 108 cm³/mol. The Labute approximate surface area is 165 Å². The third-order valence-corrected chi connectivity index (χ3v) is 5.74. The first-order chi connectivity index (χ1) is 13.6. The van der Waals surface area contributed by atoms with E-state index in [-0.39, 0.29) is 17.8 Å². The Morgan fingerprint density at radius 1 is 1.00 bits per heavy atom. The molecule has 1 fully saturated rings. The van der Waals surface area contributed by atoms with Crippen LogP contribution in [0.1, 0.15) is 40.2 Å². The lowest BCUT2D eigenvalue weighted by Crippen LogP contribution is -2.47. The van der Waals surface area contributed by atoms with E-state index in [1.165, 1.54) is 5.56 Å². The third kappa shape index (κ3) is 3.94. The fraction of sp³-hybridized carbons (Fsp3) is 0.391. The average Bonchev–Trinajstić information content (AvgIpc) is 2.73. The fourth-order valence-corrected chi connectivity index (χ4v) is 4.07. The minimum atomic E-state index is -0.239. The topological polar surface area (TPSA) is 49.9 Å². The molecule has 146 valence electrons. The SMILES string of the molecule is CN1CCN(C(=O)c2cccc(OC(=O)C3CCCc4ccccc43)c2)CC1. The molecule has 0 saturated carbocycles. The number of amides is 1. The Balaban J connectivity index is 1.47. The van der Waals surface area contributed by atoms with Gasteiger partial charge in [0, 0.05) is 31.7 Å². The van der Waals surface area contributed by atoms with Gasteiger partial charge in [-0.25, -0.2) is 0 Å². The first-order valence-electron chi connectivity index (χ1n) is 9.99. The second-order valence-corrected chi connectivity index (χ2v) is 7.69. The number of piperazine rings is 1. The van der Waals surface area contributed by atoms with Crippen LogP contribution in [0.25, 0.3) is 0 Å². The van der Waals surface area contributed by atoms with Crippen molar-refractivity contribution < 1.29 is 14.3 Å². The highest BCUT2D eigenvalue weighted by atomic mass is 16.5. The van der Waals surface area contributed by atoms with Gasteiger partial charge >= 0.3 is 5.97 Å². The van der Waals surface area contributed by atoms with Crippen LogP contribution < -0.4 is 4.74 Å². The summed E-state index contributed by atoms with van der Waals surface area (Å²) in [4.78, 5) is 29.7. The zero-order valence-electron chi connectivity index (χ0n) is 16.3. The first-order valence-corrected chi connectivity index (χ1v) is 9.99. The largest absolute Gasteiger partial charge is 0.426 e. The van der Waals surface area contributed by atoms with Crippen molar-refractivity contribution in [3.05, 3.63) is 65.2 Å². The maximum absolute atomic E-state index is 12.8. The van der Waals surface area contributed by atoms with E-state index in [0.717, 1.165) is 51.0 Å². The summed E-state index contributed by atoms with van der Waals surface area (Å²) >= 11 is 0. The fourth-order valence-electron chi connectivity index (χ4n) is 4.07. The van der Waals surface area contributed by atoms with Crippen LogP contribution in [0, 0.1) is 0 Å². The molecule has 0 N–H and O–H groups in total. The van der Waals surface area contributed by atoms with E-state index in [2.05, 4.69) is 18.0 Å². The van der Waals surface area contributed by atoms with Crippen LogP contribution in [0.2, 0.25) is 0 Å². The summed E-state index contributed by atoms with van der Waals surface area (Å²) in [5, 5.41) is 0. The van der Waals surface area contributed by atoms with Gasteiger partial charge in [0.2, 0.25) is 0 Å². The van der Waals surface area contributed by atoms with Gasteiger partial charge in [0.05, 0.1) is 5.92 Å². The van der Waals surface area contributed by atoms with Crippen LogP contribution in [0.4, 0.5) is 0 Å². The number of carbonyl (C=O) groups is 2. The maximum atomic E-state index is 12.8. The average molecular weight is 378 g/mol. The van der Waals surface area contributed by atoms with Crippen molar-refractivity contribution in [2.45, 2.75) is 25.2 Å². The summed E-state index contributed by atoms with van der Waals surface area (Å²) < 4.78 is 5.69. The minimum absolute atomic E-state index is 0.00555. The van der Waals surface area contributed by atoms with Gasteiger partial charge in [-0.3, -0.25) is 9.59 Å². The van der Waals surface area contributed by atoms with E-state index in [0.29, 0.717) is 11.3 Å². The number of nitrogens with zero attached hydrogens (tertiary/aromatic N) is 2. The summed E-state index contributed by atoms with van der Waals surface area (Å²) in [7, 11) is 2.06. The number of ether oxygens (including phenoxy) is 1. The lowest BCUT2D eigenvalue weighted by Gasteiger charge is -2.32. The van der Waals surface area contributed by atoms with Gasteiger partial charge in [-0.1, -0.05) is 30.3 Å². The van der Waals surface area contributed by atoms with Crippen LogP contribution in [-0.4, -0.2) is 54.9 Å². The summed E-state index contributed by atoms with van der Waals surface area (Å²) in [6, 6.07) is 15.1. The molecule has 1 atom stereocenters. The molecule has 5 nitrogen and oxygen atoms in total. The molecule has 0 radical (unpaired) electrons. The number of rotatable bonds is 3. The second-order valence-electron chi connectivity index (χ2n) is 7.69. The smallest absolute Gasteiger partial charge is 0.318 e. The lowest BCUT2D eigenvalue weighted by atomic mass is 9.83. The second kappa shape index (κ2) is 8.15. The monoisotopic (exact) mass is 378 g/mol. The summed E-state index contributed by atoms with van der Waals surface area (Å²) in [5.41, 5.74) is 2.87. The summed E-state index contributed by atoms with van der Waals surface area (Å²) in [6.07, 6.45) is 2.80. The molecular weight excluding hydrogens is 352 g/mol. The van der Waals surface area contributed by atoms with Crippen LogP contribution >= 0.6 is 0 Å². The Morgan fingerprint density at radius 3 is 2.61 bits per heavy atom. The zero-order chi connectivity index (χ0) is 19.5. The van der Waals surface area contributed by atoms with Gasteiger partial charge in [0.15, 0.2) is 0 Å². The summed E-state index contributed by atoms with van der Waals surface area (Å²) in [6.45, 7) is 3.19. The van der Waals surface area contributed by atoms with Crippen molar-refractivity contribution in [1.29, 1.82) is 0 Å². The number of carbonyl (C=O) groups excluding carboxylic acids is 2. The molecular formula is C23H26N2O3. The van der Waals surface area contributed by atoms with E-state index < -0.39 is 0 Å². The molecule has 1 unspecified atom stereocenters.